The van der Waals surface area contributed by atoms with E-state index >= 15 is 0 Å². The normalized spacial score (nSPS) is 13.5. The molecule has 0 heterocycles. The highest BCUT2D eigenvalue weighted by molar-refractivity contribution is 14.1. The Morgan fingerprint density at radius 2 is 1.82 bits per heavy atom. The molecule has 5 nitrogen and oxygen atoms in total. The van der Waals surface area contributed by atoms with Crippen molar-refractivity contribution >= 4 is 34.5 Å². The molecule has 0 aromatic heterocycles. The number of rotatable bonds is 6. The molecule has 0 unspecified atom stereocenters. The van der Waals surface area contributed by atoms with Crippen molar-refractivity contribution in [2.45, 2.75) is 24.7 Å². The highest BCUT2D eigenvalue weighted by Gasteiger charge is 2.31. The van der Waals surface area contributed by atoms with Gasteiger partial charge in [-0.05, 0) is 58.0 Å². The summed E-state index contributed by atoms with van der Waals surface area (Å²) in [5.41, 5.74) is -0.148. The van der Waals surface area contributed by atoms with Crippen LogP contribution >= 0.6 is 22.6 Å². The molecular weight excluding hydrogens is 490 g/mol. The lowest BCUT2D eigenvalue weighted by molar-refractivity contribution is -0.146. The summed E-state index contributed by atoms with van der Waals surface area (Å²) in [5, 5.41) is 12.5. The number of ether oxygens (including phenoxy) is 1. The number of halogens is 4. The number of nitrogens with one attached hydrogen (secondary N) is 1. The second-order valence-corrected chi connectivity index (χ2v) is 7.19. The second-order valence-electron chi connectivity index (χ2n) is 5.94. The number of hydrogen-bond donors (Lipinski definition) is 2. The number of benzene rings is 2. The van der Waals surface area contributed by atoms with E-state index in [2.05, 4.69) is 27.9 Å². The first-order valence-electron chi connectivity index (χ1n) is 8.09. The van der Waals surface area contributed by atoms with Gasteiger partial charge in [0, 0.05) is 9.99 Å². The van der Waals surface area contributed by atoms with Gasteiger partial charge >= 0.3 is 12.1 Å². The molecule has 0 bridgehead atoms. The average molecular weight is 507 g/mol. The first-order valence-corrected chi connectivity index (χ1v) is 9.17. The molecule has 1 amide bonds. The first-order chi connectivity index (χ1) is 13.1. The number of amides is 1. The summed E-state index contributed by atoms with van der Waals surface area (Å²) in [6, 6.07) is 9.78. The largest absolute Gasteiger partial charge is 0.467 e. The lowest BCUT2D eigenvalue weighted by Crippen LogP contribution is -2.45. The predicted octanol–water partition coefficient (Wildman–Crippen LogP) is 3.24. The Morgan fingerprint density at radius 3 is 2.36 bits per heavy atom. The standard InChI is InChI=1S/C19H17F3INO4/c1-28-18(27)15(10-11-3-2-4-14(23)9-11)24-17(26)16(25)12-5-7-13(8-6-12)19(20,21)22/h2-9,15-16,25H,10H2,1H3,(H,24,26)/t15-,16+/m0/s1. The van der Waals surface area contributed by atoms with Crippen molar-refractivity contribution in [2.75, 3.05) is 7.11 Å². The van der Waals surface area contributed by atoms with Gasteiger partial charge < -0.3 is 15.2 Å². The van der Waals surface area contributed by atoms with Crippen LogP contribution < -0.4 is 5.32 Å². The molecule has 2 aromatic rings. The lowest BCUT2D eigenvalue weighted by Gasteiger charge is -2.19. The van der Waals surface area contributed by atoms with Crippen LogP contribution in [0.2, 0.25) is 0 Å². The quantitative estimate of drug-likeness (QED) is 0.465. The molecule has 28 heavy (non-hydrogen) atoms. The molecule has 2 rings (SSSR count). The van der Waals surface area contributed by atoms with E-state index in [9.17, 15) is 27.9 Å². The second kappa shape index (κ2) is 9.37. The third-order valence-electron chi connectivity index (χ3n) is 3.93. The van der Waals surface area contributed by atoms with Gasteiger partial charge in [-0.3, -0.25) is 4.79 Å². The number of carbonyl (C=O) groups is 2. The molecule has 9 heteroatoms. The van der Waals surface area contributed by atoms with Gasteiger partial charge in [-0.15, -0.1) is 0 Å². The van der Waals surface area contributed by atoms with Gasteiger partial charge in [-0.1, -0.05) is 24.3 Å². The summed E-state index contributed by atoms with van der Waals surface area (Å²) in [6.07, 6.45) is -6.12. The fourth-order valence-corrected chi connectivity index (χ4v) is 3.10. The van der Waals surface area contributed by atoms with Crippen LogP contribution in [0.5, 0.6) is 0 Å². The summed E-state index contributed by atoms with van der Waals surface area (Å²) in [5.74, 6) is -1.62. The Labute approximate surface area is 173 Å². The van der Waals surface area contributed by atoms with Crippen LogP contribution in [0, 0.1) is 3.57 Å². The highest BCUT2D eigenvalue weighted by Crippen LogP contribution is 2.30. The molecular formula is C19H17F3INO4. The molecule has 150 valence electrons. The average Bonchev–Trinajstić information content (AvgIpc) is 2.65. The zero-order valence-corrected chi connectivity index (χ0v) is 16.8. The molecule has 0 spiro atoms. The van der Waals surface area contributed by atoms with Crippen LogP contribution in [-0.4, -0.2) is 30.1 Å². The van der Waals surface area contributed by atoms with E-state index in [4.69, 9.17) is 4.74 Å². The van der Waals surface area contributed by atoms with E-state index in [1.165, 1.54) is 7.11 Å². The number of hydrogen-bond acceptors (Lipinski definition) is 4. The van der Waals surface area contributed by atoms with Crippen LogP contribution in [0.15, 0.2) is 48.5 Å². The molecule has 0 aliphatic rings. The molecule has 2 aromatic carbocycles. The number of carbonyl (C=O) groups excluding carboxylic acids is 2. The van der Waals surface area contributed by atoms with E-state index in [1.54, 1.807) is 12.1 Å². The lowest BCUT2D eigenvalue weighted by atomic mass is 10.0. The zero-order valence-electron chi connectivity index (χ0n) is 14.7. The maximum absolute atomic E-state index is 12.6. The number of aliphatic hydroxyl groups is 1. The van der Waals surface area contributed by atoms with Crippen molar-refractivity contribution in [3.63, 3.8) is 0 Å². The van der Waals surface area contributed by atoms with Crippen LogP contribution in [0.3, 0.4) is 0 Å². The van der Waals surface area contributed by atoms with E-state index in [0.29, 0.717) is 0 Å². The summed E-state index contributed by atoms with van der Waals surface area (Å²) in [6.45, 7) is 0. The fraction of sp³-hybridized carbons (Fsp3) is 0.263. The van der Waals surface area contributed by atoms with Crippen molar-refractivity contribution in [3.05, 3.63) is 68.8 Å². The van der Waals surface area contributed by atoms with Gasteiger partial charge in [-0.2, -0.15) is 13.2 Å². The molecule has 0 radical (unpaired) electrons. The Balaban J connectivity index is 2.12. The van der Waals surface area contributed by atoms with E-state index in [-0.39, 0.29) is 12.0 Å². The first kappa shape index (κ1) is 22.2. The summed E-state index contributed by atoms with van der Waals surface area (Å²) >= 11 is 2.11. The minimum atomic E-state index is -4.52. The third kappa shape index (κ3) is 5.93. The Morgan fingerprint density at radius 1 is 1.18 bits per heavy atom. The van der Waals surface area contributed by atoms with Crippen LogP contribution in [0.4, 0.5) is 13.2 Å². The number of alkyl halides is 3. The molecule has 0 saturated heterocycles. The smallest absolute Gasteiger partial charge is 0.416 e. The van der Waals surface area contributed by atoms with E-state index in [0.717, 1.165) is 33.4 Å². The van der Waals surface area contributed by atoms with Gasteiger partial charge in [0.1, 0.15) is 6.04 Å². The molecule has 0 aliphatic carbocycles. The molecule has 0 aliphatic heterocycles. The van der Waals surface area contributed by atoms with Gasteiger partial charge in [0.15, 0.2) is 6.10 Å². The number of esters is 1. The fourth-order valence-electron chi connectivity index (χ4n) is 2.49. The molecule has 0 saturated carbocycles. The summed E-state index contributed by atoms with van der Waals surface area (Å²) < 4.78 is 43.5. The Hall–Kier alpha value is -2.14. The SMILES string of the molecule is COC(=O)[C@H](Cc1cccc(I)c1)NC(=O)[C@H](O)c1ccc(C(F)(F)F)cc1. The van der Waals surface area contributed by atoms with E-state index < -0.39 is 35.8 Å². The Bertz CT molecular complexity index is 840. The van der Waals surface area contributed by atoms with Crippen molar-refractivity contribution < 1.29 is 32.6 Å². The molecule has 2 atom stereocenters. The molecule has 0 fully saturated rings. The zero-order chi connectivity index (χ0) is 20.9. The summed E-state index contributed by atoms with van der Waals surface area (Å²) in [7, 11) is 1.17. The van der Waals surface area contributed by atoms with E-state index in [1.807, 2.05) is 12.1 Å². The highest BCUT2D eigenvalue weighted by atomic mass is 127. The minimum Gasteiger partial charge on any atom is -0.467 e. The monoisotopic (exact) mass is 507 g/mol. The van der Waals surface area contributed by atoms with Gasteiger partial charge in [0.05, 0.1) is 12.7 Å². The number of methoxy groups -OCH3 is 1. The van der Waals surface area contributed by atoms with Crippen LogP contribution in [0.25, 0.3) is 0 Å². The van der Waals surface area contributed by atoms with Crippen LogP contribution in [-0.2, 0) is 26.9 Å². The minimum absolute atomic E-state index is 0.0247. The van der Waals surface area contributed by atoms with Crippen molar-refractivity contribution in [3.8, 4) is 0 Å². The third-order valence-corrected chi connectivity index (χ3v) is 4.60. The Kier molecular flexibility index (Phi) is 7.41. The maximum atomic E-state index is 12.6. The topological polar surface area (TPSA) is 75.6 Å². The van der Waals surface area contributed by atoms with Crippen molar-refractivity contribution in [2.24, 2.45) is 0 Å². The number of aliphatic hydroxyl groups excluding tert-OH is 1. The van der Waals surface area contributed by atoms with Gasteiger partial charge in [0.25, 0.3) is 5.91 Å². The van der Waals surface area contributed by atoms with Gasteiger partial charge in [-0.25, -0.2) is 4.79 Å². The van der Waals surface area contributed by atoms with Gasteiger partial charge in [0.2, 0.25) is 0 Å². The van der Waals surface area contributed by atoms with Crippen molar-refractivity contribution in [1.82, 2.24) is 5.32 Å². The maximum Gasteiger partial charge on any atom is 0.416 e. The molecule has 2 N–H and O–H groups in total. The summed E-state index contributed by atoms with van der Waals surface area (Å²) in [4.78, 5) is 24.3. The van der Waals surface area contributed by atoms with Crippen molar-refractivity contribution in [1.29, 1.82) is 0 Å². The van der Waals surface area contributed by atoms with Crippen LogP contribution in [0.1, 0.15) is 22.8 Å². The predicted molar refractivity (Wildman–Crippen MR) is 103 cm³/mol.